The summed E-state index contributed by atoms with van der Waals surface area (Å²) in [5, 5.41) is 9.05. The van der Waals surface area contributed by atoms with Crippen LogP contribution in [0.25, 0.3) is 0 Å². The minimum Gasteiger partial charge on any atom is -0.388 e. The number of aliphatic hydroxyl groups is 1. The zero-order valence-electron chi connectivity index (χ0n) is 8.75. The third-order valence-electron chi connectivity index (χ3n) is 2.55. The van der Waals surface area contributed by atoms with Crippen molar-refractivity contribution in [1.82, 2.24) is 4.57 Å². The third-order valence-corrected chi connectivity index (χ3v) is 2.55. The lowest BCUT2D eigenvalue weighted by Gasteiger charge is -1.95. The van der Waals surface area contributed by atoms with Gasteiger partial charge in [-0.25, -0.2) is 9.13 Å². The van der Waals surface area contributed by atoms with E-state index in [1.165, 1.54) is 18.7 Å². The Bertz CT molecular complexity index is 279. The molecule has 0 fully saturated rings. The molecule has 74 valence electrons. The topological polar surface area (TPSA) is 29.0 Å². The van der Waals surface area contributed by atoms with Gasteiger partial charge >= 0.3 is 0 Å². The summed E-state index contributed by atoms with van der Waals surface area (Å²) >= 11 is 0. The van der Waals surface area contributed by atoms with Gasteiger partial charge in [-0.2, -0.15) is 0 Å². The van der Waals surface area contributed by atoms with Crippen molar-refractivity contribution in [3.8, 4) is 0 Å². The number of hydrogen-bond donors (Lipinski definition) is 1. The van der Waals surface area contributed by atoms with E-state index in [0.717, 1.165) is 12.2 Å². The minimum absolute atomic E-state index is 0.121. The van der Waals surface area contributed by atoms with E-state index < -0.39 is 0 Å². The van der Waals surface area contributed by atoms with Crippen molar-refractivity contribution in [2.45, 2.75) is 39.8 Å². The molecular formula is C10H19N2O+. The van der Waals surface area contributed by atoms with Crippen LogP contribution in [0.5, 0.6) is 0 Å². The van der Waals surface area contributed by atoms with Gasteiger partial charge in [0.15, 0.2) is 5.69 Å². The predicted molar refractivity (Wildman–Crippen MR) is 51.2 cm³/mol. The molecule has 13 heavy (non-hydrogen) atoms. The van der Waals surface area contributed by atoms with Crippen molar-refractivity contribution < 1.29 is 9.67 Å². The highest BCUT2D eigenvalue weighted by Crippen LogP contribution is 2.00. The van der Waals surface area contributed by atoms with E-state index in [-0.39, 0.29) is 6.61 Å². The van der Waals surface area contributed by atoms with Gasteiger partial charge in [0.25, 0.3) is 5.82 Å². The van der Waals surface area contributed by atoms with Gasteiger partial charge in [-0.05, 0) is 6.42 Å². The van der Waals surface area contributed by atoms with Crippen LogP contribution in [0.1, 0.15) is 31.3 Å². The van der Waals surface area contributed by atoms with Crippen LogP contribution in [0.2, 0.25) is 0 Å². The summed E-state index contributed by atoms with van der Waals surface area (Å²) in [5.74, 6) is 1.21. The van der Waals surface area contributed by atoms with Crippen LogP contribution in [0, 0.1) is 6.92 Å². The van der Waals surface area contributed by atoms with Crippen molar-refractivity contribution >= 4 is 0 Å². The van der Waals surface area contributed by atoms with E-state index in [4.69, 9.17) is 5.11 Å². The Hall–Kier alpha value is -0.830. The van der Waals surface area contributed by atoms with Crippen LogP contribution in [0.3, 0.4) is 0 Å². The SMILES string of the molecule is CCCC[n+]1cc(CO)n(C)c1C. The van der Waals surface area contributed by atoms with E-state index in [9.17, 15) is 0 Å². The molecule has 3 heteroatoms. The van der Waals surface area contributed by atoms with E-state index in [1.54, 1.807) is 0 Å². The summed E-state index contributed by atoms with van der Waals surface area (Å²) in [6.07, 6.45) is 4.43. The summed E-state index contributed by atoms with van der Waals surface area (Å²) in [4.78, 5) is 0. The monoisotopic (exact) mass is 183 g/mol. The van der Waals surface area contributed by atoms with Crippen LogP contribution in [-0.4, -0.2) is 9.67 Å². The number of hydrogen-bond acceptors (Lipinski definition) is 1. The summed E-state index contributed by atoms with van der Waals surface area (Å²) in [6.45, 7) is 5.44. The van der Waals surface area contributed by atoms with Gasteiger partial charge in [0.05, 0.1) is 13.6 Å². The average Bonchev–Trinajstić information content (AvgIpc) is 2.41. The first kappa shape index (κ1) is 10.3. The molecule has 1 aromatic rings. The highest BCUT2D eigenvalue weighted by atomic mass is 16.3. The highest BCUT2D eigenvalue weighted by Gasteiger charge is 2.14. The van der Waals surface area contributed by atoms with Crippen LogP contribution < -0.4 is 4.57 Å². The Morgan fingerprint density at radius 3 is 2.69 bits per heavy atom. The van der Waals surface area contributed by atoms with E-state index in [2.05, 4.69) is 18.4 Å². The van der Waals surface area contributed by atoms with Crippen molar-refractivity contribution in [2.75, 3.05) is 0 Å². The maximum absolute atomic E-state index is 9.05. The fourth-order valence-corrected chi connectivity index (χ4v) is 1.46. The smallest absolute Gasteiger partial charge is 0.253 e. The molecule has 0 radical (unpaired) electrons. The quantitative estimate of drug-likeness (QED) is 0.691. The highest BCUT2D eigenvalue weighted by molar-refractivity contribution is 4.95. The molecule has 0 spiro atoms. The van der Waals surface area contributed by atoms with Gasteiger partial charge in [-0.1, -0.05) is 13.3 Å². The fourth-order valence-electron chi connectivity index (χ4n) is 1.46. The van der Waals surface area contributed by atoms with E-state index in [0.29, 0.717) is 0 Å². The van der Waals surface area contributed by atoms with Gasteiger partial charge in [0.2, 0.25) is 0 Å². The summed E-state index contributed by atoms with van der Waals surface area (Å²) < 4.78 is 4.24. The molecule has 1 rings (SSSR count). The number of aliphatic hydroxyl groups excluding tert-OH is 1. The van der Waals surface area contributed by atoms with Crippen LogP contribution in [-0.2, 0) is 20.2 Å². The van der Waals surface area contributed by atoms with Crippen LogP contribution in [0.4, 0.5) is 0 Å². The third kappa shape index (κ3) is 2.10. The molecule has 0 aliphatic carbocycles. The maximum Gasteiger partial charge on any atom is 0.253 e. The van der Waals surface area contributed by atoms with E-state index >= 15 is 0 Å². The molecule has 0 unspecified atom stereocenters. The molecule has 1 heterocycles. The summed E-state index contributed by atoms with van der Waals surface area (Å²) in [6, 6.07) is 0. The molecule has 0 bridgehead atoms. The Labute approximate surface area is 79.6 Å². The molecule has 3 nitrogen and oxygen atoms in total. The van der Waals surface area contributed by atoms with Crippen molar-refractivity contribution in [2.24, 2.45) is 7.05 Å². The molecular weight excluding hydrogens is 164 g/mol. The van der Waals surface area contributed by atoms with Crippen LogP contribution >= 0.6 is 0 Å². The first-order valence-electron chi connectivity index (χ1n) is 4.86. The zero-order chi connectivity index (χ0) is 9.84. The Morgan fingerprint density at radius 1 is 1.54 bits per heavy atom. The van der Waals surface area contributed by atoms with Gasteiger partial charge in [0, 0.05) is 6.92 Å². The summed E-state index contributed by atoms with van der Waals surface area (Å²) in [7, 11) is 1.99. The van der Waals surface area contributed by atoms with Crippen LogP contribution in [0.15, 0.2) is 6.20 Å². The lowest BCUT2D eigenvalue weighted by molar-refractivity contribution is -0.702. The number of nitrogens with zero attached hydrogens (tertiary/aromatic N) is 2. The van der Waals surface area contributed by atoms with Crippen molar-refractivity contribution in [3.63, 3.8) is 0 Å². The van der Waals surface area contributed by atoms with E-state index in [1.807, 2.05) is 17.8 Å². The molecule has 0 amide bonds. The van der Waals surface area contributed by atoms with Gasteiger partial charge < -0.3 is 5.11 Å². The Morgan fingerprint density at radius 2 is 2.23 bits per heavy atom. The molecule has 0 atom stereocenters. The molecule has 0 aliphatic heterocycles. The first-order chi connectivity index (χ1) is 6.20. The molecule has 1 aromatic heterocycles. The molecule has 0 aliphatic rings. The van der Waals surface area contributed by atoms with Gasteiger partial charge in [0.1, 0.15) is 12.8 Å². The van der Waals surface area contributed by atoms with Gasteiger partial charge in [-0.3, -0.25) is 0 Å². The molecule has 0 aromatic carbocycles. The second kappa shape index (κ2) is 4.42. The second-order valence-corrected chi connectivity index (χ2v) is 3.43. The molecule has 1 N–H and O–H groups in total. The number of aromatic nitrogens is 2. The predicted octanol–water partition coefficient (Wildman–Crippen LogP) is 0.913. The standard InChI is InChI=1S/C10H19N2O/c1-4-5-6-12-7-10(8-13)11(3)9(12)2/h7,13H,4-6,8H2,1-3H3/q+1. The van der Waals surface area contributed by atoms with Crippen molar-refractivity contribution in [3.05, 3.63) is 17.7 Å². The lowest BCUT2D eigenvalue weighted by atomic mass is 10.3. The Balaban J connectivity index is 2.82. The number of imidazole rings is 1. The number of unbranched alkanes of at least 4 members (excludes halogenated alkanes) is 1. The summed E-state index contributed by atoms with van der Waals surface area (Å²) in [5.41, 5.74) is 0.980. The van der Waals surface area contributed by atoms with Crippen molar-refractivity contribution in [1.29, 1.82) is 0 Å². The minimum atomic E-state index is 0.121. The van der Waals surface area contributed by atoms with Gasteiger partial charge in [-0.15, -0.1) is 0 Å². The number of aryl methyl sites for hydroxylation is 1. The second-order valence-electron chi connectivity index (χ2n) is 3.43. The molecule has 0 saturated carbocycles. The maximum atomic E-state index is 9.05. The first-order valence-corrected chi connectivity index (χ1v) is 4.86. The Kier molecular flexibility index (Phi) is 3.48. The normalized spacial score (nSPS) is 10.8. The number of rotatable bonds is 4. The zero-order valence-corrected chi connectivity index (χ0v) is 8.75. The average molecular weight is 183 g/mol. The molecule has 0 saturated heterocycles. The fraction of sp³-hybridized carbons (Fsp3) is 0.700. The largest absolute Gasteiger partial charge is 0.388 e. The lowest BCUT2D eigenvalue weighted by Crippen LogP contribution is -2.35.